The number of carbonyl (C=O) groups excluding carboxylic acids is 2. The van der Waals surface area contributed by atoms with Gasteiger partial charge in [0.05, 0.1) is 21.9 Å². The molecule has 2 saturated heterocycles. The maximum absolute atomic E-state index is 13.5. The number of halogens is 1. The van der Waals surface area contributed by atoms with Crippen molar-refractivity contribution in [3.63, 3.8) is 0 Å². The Labute approximate surface area is 187 Å². The third-order valence-corrected chi connectivity index (χ3v) is 5.88. The molecule has 2 aliphatic rings. The Morgan fingerprint density at radius 1 is 0.875 bits per heavy atom. The summed E-state index contributed by atoms with van der Waals surface area (Å²) >= 11 is 6.06. The van der Waals surface area contributed by atoms with E-state index < -0.39 is 34.8 Å². The Kier molecular flexibility index (Phi) is 4.88. The lowest BCUT2D eigenvalue weighted by Crippen LogP contribution is -2.37. The molecule has 9 heteroatoms. The number of carbonyl (C=O) groups is 2. The summed E-state index contributed by atoms with van der Waals surface area (Å²) in [6.45, 7) is 0. The van der Waals surface area contributed by atoms with Crippen molar-refractivity contribution in [3.05, 3.63) is 99.6 Å². The Bertz CT molecular complexity index is 1240. The molecular formula is C23H16ClN3O5. The largest absolute Gasteiger partial charge is 0.274 e. The molecule has 0 unspecified atom stereocenters. The molecule has 2 heterocycles. The predicted molar refractivity (Wildman–Crippen MR) is 117 cm³/mol. The van der Waals surface area contributed by atoms with Crippen molar-refractivity contribution in [1.82, 2.24) is 0 Å². The molecule has 0 radical (unpaired) electrons. The molecule has 8 nitrogen and oxygen atoms in total. The standard InChI is InChI=1S/C23H16ClN3O5/c24-14-7-6-10-16(13-14)25-22(28)19-20(17-11-4-5-12-18(17)27(30)31)26(32-21(19)23(25)29)15-8-2-1-3-9-15/h1-13,19-21H/t19-,20-,21-/m1/s1. The molecule has 2 amide bonds. The first-order valence-corrected chi connectivity index (χ1v) is 10.2. The third-order valence-electron chi connectivity index (χ3n) is 5.64. The maximum atomic E-state index is 13.5. The van der Waals surface area contributed by atoms with E-state index in [-0.39, 0.29) is 5.69 Å². The van der Waals surface area contributed by atoms with Crippen LogP contribution in [0.3, 0.4) is 0 Å². The average molecular weight is 450 g/mol. The van der Waals surface area contributed by atoms with Crippen LogP contribution in [0.15, 0.2) is 78.9 Å². The van der Waals surface area contributed by atoms with Crippen LogP contribution in [0, 0.1) is 16.0 Å². The van der Waals surface area contributed by atoms with E-state index in [4.69, 9.17) is 16.4 Å². The second-order valence-electron chi connectivity index (χ2n) is 7.47. The van der Waals surface area contributed by atoms with E-state index >= 15 is 0 Å². The molecule has 160 valence electrons. The summed E-state index contributed by atoms with van der Waals surface area (Å²) in [7, 11) is 0. The highest BCUT2D eigenvalue weighted by atomic mass is 35.5. The molecular weight excluding hydrogens is 434 g/mol. The molecule has 5 rings (SSSR count). The number of hydroxylamine groups is 1. The van der Waals surface area contributed by atoms with Crippen molar-refractivity contribution < 1.29 is 19.3 Å². The SMILES string of the molecule is O=C1[C@@H]2[C@@H](c3ccccc3[N+](=O)[O-])N(c3ccccc3)O[C@H]2C(=O)N1c1cccc(Cl)c1. The fraction of sp³-hybridized carbons (Fsp3) is 0.130. The van der Waals surface area contributed by atoms with Crippen LogP contribution in [0.2, 0.25) is 5.02 Å². The van der Waals surface area contributed by atoms with Crippen LogP contribution in [-0.2, 0) is 14.4 Å². The van der Waals surface area contributed by atoms with Gasteiger partial charge in [0.1, 0.15) is 12.0 Å². The molecule has 0 bridgehead atoms. The third kappa shape index (κ3) is 3.12. The number of fused-ring (bicyclic) bond motifs is 1. The molecule has 3 atom stereocenters. The molecule has 0 aromatic heterocycles. The molecule has 0 spiro atoms. The molecule has 0 saturated carbocycles. The molecule has 2 aliphatic heterocycles. The number of hydrogen-bond donors (Lipinski definition) is 0. The number of nitro groups is 1. The lowest BCUT2D eigenvalue weighted by Gasteiger charge is -2.28. The van der Waals surface area contributed by atoms with Gasteiger partial charge in [-0.05, 0) is 36.4 Å². The van der Waals surface area contributed by atoms with E-state index in [0.29, 0.717) is 22.0 Å². The summed E-state index contributed by atoms with van der Waals surface area (Å²) in [5, 5.41) is 13.6. The van der Waals surface area contributed by atoms with Gasteiger partial charge in [-0.3, -0.25) is 24.5 Å². The minimum absolute atomic E-state index is 0.149. The summed E-state index contributed by atoms with van der Waals surface area (Å²) in [5.74, 6) is -2.00. The Morgan fingerprint density at radius 3 is 2.28 bits per heavy atom. The van der Waals surface area contributed by atoms with Crippen molar-refractivity contribution in [2.45, 2.75) is 12.1 Å². The fourth-order valence-electron chi connectivity index (χ4n) is 4.30. The van der Waals surface area contributed by atoms with E-state index in [0.717, 1.165) is 4.90 Å². The van der Waals surface area contributed by atoms with Crippen LogP contribution in [0.4, 0.5) is 17.1 Å². The summed E-state index contributed by atoms with van der Waals surface area (Å²) < 4.78 is 0. The summed E-state index contributed by atoms with van der Waals surface area (Å²) in [6, 6.07) is 20.6. The van der Waals surface area contributed by atoms with Gasteiger partial charge in [0.15, 0.2) is 6.10 Å². The Hall–Kier alpha value is -3.75. The molecule has 0 N–H and O–H groups in total. The van der Waals surface area contributed by atoms with Crippen molar-refractivity contribution in [2.24, 2.45) is 5.92 Å². The van der Waals surface area contributed by atoms with Crippen molar-refractivity contribution >= 4 is 40.5 Å². The number of hydrogen-bond acceptors (Lipinski definition) is 6. The van der Waals surface area contributed by atoms with Crippen LogP contribution in [-0.4, -0.2) is 22.8 Å². The van der Waals surface area contributed by atoms with Crippen LogP contribution < -0.4 is 9.96 Å². The van der Waals surface area contributed by atoms with Gasteiger partial charge in [-0.2, -0.15) is 0 Å². The zero-order valence-corrected chi connectivity index (χ0v) is 17.3. The number of imide groups is 1. The molecule has 3 aromatic rings. The highest BCUT2D eigenvalue weighted by Gasteiger charge is 2.61. The molecule has 3 aromatic carbocycles. The first-order chi connectivity index (χ1) is 15.5. The highest BCUT2D eigenvalue weighted by molar-refractivity contribution is 6.31. The highest BCUT2D eigenvalue weighted by Crippen LogP contribution is 2.49. The van der Waals surface area contributed by atoms with Crippen LogP contribution in [0.5, 0.6) is 0 Å². The number of amides is 2. The summed E-state index contributed by atoms with van der Waals surface area (Å²) in [5.41, 5.74) is 1.06. The zero-order chi connectivity index (χ0) is 22.4. The lowest BCUT2D eigenvalue weighted by molar-refractivity contribution is -0.385. The topological polar surface area (TPSA) is 93.0 Å². The number of nitrogens with zero attached hydrogens (tertiary/aromatic N) is 3. The maximum Gasteiger partial charge on any atom is 0.274 e. The number of nitro benzene ring substituents is 1. The number of benzene rings is 3. The van der Waals surface area contributed by atoms with Gasteiger partial charge in [0.2, 0.25) is 5.91 Å². The molecule has 32 heavy (non-hydrogen) atoms. The predicted octanol–water partition coefficient (Wildman–Crippen LogP) is 4.30. The fourth-order valence-corrected chi connectivity index (χ4v) is 4.49. The van der Waals surface area contributed by atoms with Crippen LogP contribution in [0.1, 0.15) is 11.6 Å². The number of rotatable bonds is 4. The van der Waals surface area contributed by atoms with Crippen molar-refractivity contribution in [3.8, 4) is 0 Å². The van der Waals surface area contributed by atoms with E-state index in [9.17, 15) is 19.7 Å². The van der Waals surface area contributed by atoms with Gasteiger partial charge in [-0.15, -0.1) is 0 Å². The second kappa shape index (κ2) is 7.74. The monoisotopic (exact) mass is 449 g/mol. The van der Waals surface area contributed by atoms with Gasteiger partial charge in [-0.1, -0.05) is 48.0 Å². The summed E-state index contributed by atoms with van der Waals surface area (Å²) in [4.78, 5) is 45.1. The van der Waals surface area contributed by atoms with E-state index in [1.165, 1.54) is 17.2 Å². The van der Waals surface area contributed by atoms with Crippen LogP contribution in [0.25, 0.3) is 0 Å². The first kappa shape index (κ1) is 20.2. The zero-order valence-electron chi connectivity index (χ0n) is 16.5. The van der Waals surface area contributed by atoms with Gasteiger partial charge >= 0.3 is 0 Å². The number of anilines is 2. The van der Waals surface area contributed by atoms with E-state index in [1.54, 1.807) is 60.7 Å². The van der Waals surface area contributed by atoms with Gasteiger partial charge in [-0.25, -0.2) is 9.96 Å². The first-order valence-electron chi connectivity index (χ1n) is 9.85. The van der Waals surface area contributed by atoms with Crippen molar-refractivity contribution in [2.75, 3.05) is 9.96 Å². The smallest absolute Gasteiger partial charge is 0.273 e. The minimum Gasteiger partial charge on any atom is -0.273 e. The second-order valence-corrected chi connectivity index (χ2v) is 7.90. The number of para-hydroxylation sites is 2. The minimum atomic E-state index is -1.12. The van der Waals surface area contributed by atoms with Crippen LogP contribution >= 0.6 is 11.6 Å². The van der Waals surface area contributed by atoms with E-state index in [2.05, 4.69) is 0 Å². The average Bonchev–Trinajstić information content (AvgIpc) is 3.30. The quantitative estimate of drug-likeness (QED) is 0.335. The summed E-state index contributed by atoms with van der Waals surface area (Å²) in [6.07, 6.45) is -1.12. The lowest BCUT2D eigenvalue weighted by atomic mass is 9.89. The van der Waals surface area contributed by atoms with Crippen molar-refractivity contribution in [1.29, 1.82) is 0 Å². The molecule has 0 aliphatic carbocycles. The normalized spacial score (nSPS) is 22.3. The van der Waals surface area contributed by atoms with Gasteiger partial charge in [0.25, 0.3) is 11.6 Å². The molecule has 2 fully saturated rings. The van der Waals surface area contributed by atoms with Gasteiger partial charge < -0.3 is 0 Å². The Balaban J connectivity index is 1.64. The van der Waals surface area contributed by atoms with Gasteiger partial charge in [0, 0.05) is 11.1 Å². The van der Waals surface area contributed by atoms with E-state index in [1.807, 2.05) is 6.07 Å². The Morgan fingerprint density at radius 2 is 1.56 bits per heavy atom.